The van der Waals surface area contributed by atoms with Crippen LogP contribution in [-0.4, -0.2) is 15.9 Å². The number of nitrogens with zero attached hydrogens (tertiary/aromatic N) is 2. The summed E-state index contributed by atoms with van der Waals surface area (Å²) in [6.07, 6.45) is 0. The van der Waals surface area contributed by atoms with E-state index in [0.29, 0.717) is 26.9 Å². The summed E-state index contributed by atoms with van der Waals surface area (Å²) in [6, 6.07) is 11.6. The maximum absolute atomic E-state index is 12.9. The highest BCUT2D eigenvalue weighted by molar-refractivity contribution is 7.13. The molecule has 0 bridgehead atoms. The van der Waals surface area contributed by atoms with Crippen molar-refractivity contribution in [3.05, 3.63) is 85.6 Å². The summed E-state index contributed by atoms with van der Waals surface area (Å²) in [6.45, 7) is 1.57. The Morgan fingerprint density at radius 1 is 1.18 bits per heavy atom. The first-order valence-electron chi connectivity index (χ1n) is 8.18. The summed E-state index contributed by atoms with van der Waals surface area (Å²) < 4.78 is 23.6. The molecule has 0 N–H and O–H groups in total. The second-order valence-corrected chi connectivity index (χ2v) is 6.81. The van der Waals surface area contributed by atoms with Crippen LogP contribution in [0.3, 0.4) is 0 Å². The van der Waals surface area contributed by atoms with Crippen molar-refractivity contribution in [2.24, 2.45) is 0 Å². The molecular weight excluding hydrogens is 387 g/mol. The Morgan fingerprint density at radius 3 is 2.61 bits per heavy atom. The van der Waals surface area contributed by atoms with Gasteiger partial charge in [-0.05, 0) is 37.3 Å². The molecule has 9 heteroatoms. The van der Waals surface area contributed by atoms with Crippen LogP contribution in [0.4, 0.5) is 10.1 Å². The van der Waals surface area contributed by atoms with E-state index in [1.807, 2.05) is 0 Å². The fourth-order valence-corrected chi connectivity index (χ4v) is 3.27. The average Bonchev–Trinajstić information content (AvgIpc) is 3.06. The quantitative estimate of drug-likeness (QED) is 0.330. The van der Waals surface area contributed by atoms with Crippen LogP contribution in [0, 0.1) is 22.9 Å². The molecule has 1 heterocycles. The number of rotatable bonds is 7. The number of nitro benzene ring substituents is 1. The summed E-state index contributed by atoms with van der Waals surface area (Å²) in [5, 5.41) is 11.6. The smallest absolute Gasteiger partial charge is 0.350 e. The van der Waals surface area contributed by atoms with Crippen LogP contribution in [0.1, 0.15) is 25.9 Å². The van der Waals surface area contributed by atoms with Crippen molar-refractivity contribution >= 4 is 23.0 Å². The Bertz CT molecular complexity index is 1000. The molecule has 144 valence electrons. The topological polar surface area (TPSA) is 91.6 Å². The van der Waals surface area contributed by atoms with Crippen LogP contribution in [0.25, 0.3) is 0 Å². The highest BCUT2D eigenvalue weighted by Gasteiger charge is 2.19. The number of hydrogen-bond acceptors (Lipinski definition) is 7. The summed E-state index contributed by atoms with van der Waals surface area (Å²) in [5.74, 6) is -0.489. The maximum atomic E-state index is 12.9. The third-order valence-electron chi connectivity index (χ3n) is 3.75. The number of hydrogen-bond donors (Lipinski definition) is 0. The normalized spacial score (nSPS) is 10.5. The highest BCUT2D eigenvalue weighted by atomic mass is 32.1. The van der Waals surface area contributed by atoms with Gasteiger partial charge < -0.3 is 9.47 Å². The van der Waals surface area contributed by atoms with Gasteiger partial charge in [-0.2, -0.15) is 0 Å². The summed E-state index contributed by atoms with van der Waals surface area (Å²) in [7, 11) is 0. The second kappa shape index (κ2) is 8.57. The van der Waals surface area contributed by atoms with Gasteiger partial charge in [0.05, 0.1) is 16.2 Å². The molecular formula is C19H15FN2O5S. The molecule has 2 aromatic carbocycles. The van der Waals surface area contributed by atoms with Crippen molar-refractivity contribution in [1.82, 2.24) is 4.98 Å². The SMILES string of the molecule is Cc1nc(COc2ccc(F)cc2)sc1C(=O)OCc1ccccc1[N+](=O)[O-]. The maximum Gasteiger partial charge on any atom is 0.350 e. The van der Waals surface area contributed by atoms with E-state index in [1.54, 1.807) is 19.1 Å². The second-order valence-electron chi connectivity index (χ2n) is 5.73. The highest BCUT2D eigenvalue weighted by Crippen LogP contribution is 2.23. The Balaban J connectivity index is 1.63. The number of thiazole rings is 1. The molecule has 3 rings (SSSR count). The number of benzene rings is 2. The number of carbonyl (C=O) groups excluding carboxylic acids is 1. The third kappa shape index (κ3) is 4.68. The van der Waals surface area contributed by atoms with Crippen LogP contribution in [0.2, 0.25) is 0 Å². The summed E-state index contributed by atoms with van der Waals surface area (Å²) in [5.41, 5.74) is 0.683. The lowest BCUT2D eigenvalue weighted by Crippen LogP contribution is -2.06. The first kappa shape index (κ1) is 19.4. The molecule has 7 nitrogen and oxygen atoms in total. The number of nitro groups is 1. The average molecular weight is 402 g/mol. The molecule has 0 aliphatic rings. The molecule has 0 saturated heterocycles. The van der Waals surface area contributed by atoms with Gasteiger partial charge >= 0.3 is 5.97 Å². The van der Waals surface area contributed by atoms with Gasteiger partial charge in [0.2, 0.25) is 0 Å². The molecule has 0 aliphatic heterocycles. The van der Waals surface area contributed by atoms with Crippen molar-refractivity contribution in [3.8, 4) is 5.75 Å². The molecule has 1 aromatic heterocycles. The molecule has 28 heavy (non-hydrogen) atoms. The van der Waals surface area contributed by atoms with Gasteiger partial charge in [0, 0.05) is 6.07 Å². The minimum Gasteiger partial charge on any atom is -0.486 e. The first-order valence-corrected chi connectivity index (χ1v) is 9.00. The molecule has 0 spiro atoms. The van der Waals surface area contributed by atoms with Crippen LogP contribution >= 0.6 is 11.3 Å². The van der Waals surface area contributed by atoms with Crippen molar-refractivity contribution in [3.63, 3.8) is 0 Å². The van der Waals surface area contributed by atoms with Gasteiger partial charge in [-0.25, -0.2) is 14.2 Å². The Labute approximate surface area is 163 Å². The molecule has 0 saturated carbocycles. The third-order valence-corrected chi connectivity index (χ3v) is 4.86. The van der Waals surface area contributed by atoms with E-state index in [1.165, 1.54) is 36.4 Å². The monoisotopic (exact) mass is 402 g/mol. The minimum atomic E-state index is -0.610. The largest absolute Gasteiger partial charge is 0.486 e. The van der Waals surface area contributed by atoms with E-state index in [-0.39, 0.29) is 24.7 Å². The number of esters is 1. The number of para-hydroxylation sites is 1. The zero-order valence-electron chi connectivity index (χ0n) is 14.8. The fourth-order valence-electron chi connectivity index (χ4n) is 2.40. The minimum absolute atomic E-state index is 0.107. The zero-order valence-corrected chi connectivity index (χ0v) is 15.6. The van der Waals surface area contributed by atoms with Crippen LogP contribution in [-0.2, 0) is 18.0 Å². The molecule has 3 aromatic rings. The molecule has 0 amide bonds. The number of aryl methyl sites for hydroxylation is 1. The van der Waals surface area contributed by atoms with Gasteiger partial charge in [-0.3, -0.25) is 10.1 Å². The van der Waals surface area contributed by atoms with E-state index in [2.05, 4.69) is 4.98 Å². The van der Waals surface area contributed by atoms with Crippen molar-refractivity contribution in [2.75, 3.05) is 0 Å². The fraction of sp³-hybridized carbons (Fsp3) is 0.158. The number of carbonyl (C=O) groups is 1. The molecule has 0 atom stereocenters. The van der Waals surface area contributed by atoms with Gasteiger partial charge in [-0.15, -0.1) is 11.3 Å². The molecule has 0 unspecified atom stereocenters. The predicted molar refractivity (Wildman–Crippen MR) is 99.8 cm³/mol. The van der Waals surface area contributed by atoms with E-state index in [0.717, 1.165) is 11.3 Å². The van der Waals surface area contributed by atoms with Gasteiger partial charge in [0.25, 0.3) is 5.69 Å². The Kier molecular flexibility index (Phi) is 5.95. The lowest BCUT2D eigenvalue weighted by atomic mass is 10.2. The van der Waals surface area contributed by atoms with Crippen molar-refractivity contribution in [2.45, 2.75) is 20.1 Å². The van der Waals surface area contributed by atoms with Gasteiger partial charge in [-0.1, -0.05) is 12.1 Å². The number of aromatic nitrogens is 1. The van der Waals surface area contributed by atoms with Crippen LogP contribution in [0.5, 0.6) is 5.75 Å². The van der Waals surface area contributed by atoms with E-state index >= 15 is 0 Å². The van der Waals surface area contributed by atoms with Crippen LogP contribution < -0.4 is 4.74 Å². The Hall–Kier alpha value is -3.33. The molecule has 0 radical (unpaired) electrons. The summed E-state index contributed by atoms with van der Waals surface area (Å²) in [4.78, 5) is 27.4. The number of halogens is 1. The van der Waals surface area contributed by atoms with Gasteiger partial charge in [0.15, 0.2) is 0 Å². The summed E-state index contributed by atoms with van der Waals surface area (Å²) >= 11 is 1.12. The predicted octanol–water partition coefficient (Wildman–Crippen LogP) is 4.43. The van der Waals surface area contributed by atoms with Crippen molar-refractivity contribution < 1.29 is 23.6 Å². The lowest BCUT2D eigenvalue weighted by Gasteiger charge is -2.04. The lowest BCUT2D eigenvalue weighted by molar-refractivity contribution is -0.385. The van der Waals surface area contributed by atoms with E-state index in [4.69, 9.17) is 9.47 Å². The van der Waals surface area contributed by atoms with E-state index in [9.17, 15) is 19.3 Å². The first-order chi connectivity index (χ1) is 13.4. The van der Waals surface area contributed by atoms with E-state index < -0.39 is 10.9 Å². The van der Waals surface area contributed by atoms with Crippen LogP contribution in [0.15, 0.2) is 48.5 Å². The number of ether oxygens (including phenoxy) is 2. The van der Waals surface area contributed by atoms with Gasteiger partial charge in [0.1, 0.15) is 34.7 Å². The Morgan fingerprint density at radius 2 is 1.89 bits per heavy atom. The van der Waals surface area contributed by atoms with Crippen molar-refractivity contribution in [1.29, 1.82) is 0 Å². The standard InChI is InChI=1S/C19H15FN2O5S/c1-12-18(19(23)27-10-13-4-2-3-5-16(13)22(24)25)28-17(21-12)11-26-15-8-6-14(20)7-9-15/h2-9H,10-11H2,1H3. The zero-order chi connectivity index (χ0) is 20.1. The molecule has 0 aliphatic carbocycles. The molecule has 0 fully saturated rings.